The van der Waals surface area contributed by atoms with Gasteiger partial charge in [-0.25, -0.2) is 18.1 Å². The van der Waals surface area contributed by atoms with Gasteiger partial charge in [0.1, 0.15) is 5.82 Å². The number of carbonyl (C=O) groups excluding carboxylic acids is 1. The maximum atomic E-state index is 12.7. The molecule has 1 aromatic carbocycles. The SMILES string of the molecule is CS(=O)(=O)NC(=O)c1cc(C2CC2)cnc1Nc1ccc2c(ccn2CC2CCCCC2)c1. The van der Waals surface area contributed by atoms with Crippen LogP contribution in [0.4, 0.5) is 11.5 Å². The average molecular weight is 467 g/mol. The molecule has 0 radical (unpaired) electrons. The van der Waals surface area contributed by atoms with Gasteiger partial charge in [0.15, 0.2) is 0 Å². The van der Waals surface area contributed by atoms with Crippen molar-refractivity contribution in [3.63, 3.8) is 0 Å². The van der Waals surface area contributed by atoms with Crippen LogP contribution in [0.25, 0.3) is 10.9 Å². The number of anilines is 2. The van der Waals surface area contributed by atoms with Gasteiger partial charge in [0, 0.05) is 35.5 Å². The van der Waals surface area contributed by atoms with Crippen molar-refractivity contribution in [1.82, 2.24) is 14.3 Å². The third-order valence-electron chi connectivity index (χ3n) is 6.69. The fourth-order valence-corrected chi connectivity index (χ4v) is 5.29. The lowest BCUT2D eigenvalue weighted by Gasteiger charge is -2.22. The molecule has 5 rings (SSSR count). The topological polar surface area (TPSA) is 93.1 Å². The molecule has 2 fully saturated rings. The number of aromatic nitrogens is 2. The van der Waals surface area contributed by atoms with Crippen LogP contribution in [0, 0.1) is 5.92 Å². The molecule has 8 heteroatoms. The molecule has 174 valence electrons. The van der Waals surface area contributed by atoms with Gasteiger partial charge in [0.25, 0.3) is 5.91 Å². The number of nitrogens with zero attached hydrogens (tertiary/aromatic N) is 2. The maximum Gasteiger partial charge on any atom is 0.268 e. The zero-order valence-electron chi connectivity index (χ0n) is 18.9. The van der Waals surface area contributed by atoms with Crippen molar-refractivity contribution in [1.29, 1.82) is 0 Å². The Hall–Kier alpha value is -2.87. The second-order valence-corrected chi connectivity index (χ2v) is 11.3. The molecule has 0 saturated heterocycles. The zero-order valence-corrected chi connectivity index (χ0v) is 19.7. The maximum absolute atomic E-state index is 12.7. The highest BCUT2D eigenvalue weighted by atomic mass is 32.2. The molecular formula is C25H30N4O3S. The minimum atomic E-state index is -3.67. The van der Waals surface area contributed by atoms with E-state index in [1.807, 2.05) is 12.1 Å². The largest absolute Gasteiger partial charge is 0.347 e. The van der Waals surface area contributed by atoms with Crippen LogP contribution in [-0.4, -0.2) is 30.1 Å². The lowest BCUT2D eigenvalue weighted by atomic mass is 9.89. The summed E-state index contributed by atoms with van der Waals surface area (Å²) in [5.41, 5.74) is 3.20. The van der Waals surface area contributed by atoms with E-state index < -0.39 is 15.9 Å². The van der Waals surface area contributed by atoms with Gasteiger partial charge in [-0.3, -0.25) is 4.79 Å². The third-order valence-corrected chi connectivity index (χ3v) is 7.25. The van der Waals surface area contributed by atoms with Crippen molar-refractivity contribution in [2.45, 2.75) is 57.4 Å². The smallest absolute Gasteiger partial charge is 0.268 e. The van der Waals surface area contributed by atoms with E-state index in [4.69, 9.17) is 0 Å². The summed E-state index contributed by atoms with van der Waals surface area (Å²) in [5.74, 6) is 0.824. The van der Waals surface area contributed by atoms with E-state index in [2.05, 4.69) is 37.9 Å². The molecule has 0 spiro atoms. The Morgan fingerprint density at radius 1 is 1.09 bits per heavy atom. The fraction of sp³-hybridized carbons (Fsp3) is 0.440. The minimum Gasteiger partial charge on any atom is -0.347 e. The van der Waals surface area contributed by atoms with E-state index in [0.29, 0.717) is 11.7 Å². The third kappa shape index (κ3) is 5.21. The number of amides is 1. The zero-order chi connectivity index (χ0) is 23.0. The summed E-state index contributed by atoms with van der Waals surface area (Å²) in [5, 5.41) is 4.35. The Morgan fingerprint density at radius 2 is 1.88 bits per heavy atom. The molecule has 2 aliphatic carbocycles. The number of hydrogen-bond donors (Lipinski definition) is 2. The highest BCUT2D eigenvalue weighted by Gasteiger charge is 2.26. The summed E-state index contributed by atoms with van der Waals surface area (Å²) < 4.78 is 27.7. The van der Waals surface area contributed by atoms with Crippen molar-refractivity contribution in [2.75, 3.05) is 11.6 Å². The summed E-state index contributed by atoms with van der Waals surface area (Å²) in [6.45, 7) is 1.05. The minimum absolute atomic E-state index is 0.236. The number of sulfonamides is 1. The molecule has 0 aliphatic heterocycles. The number of carbonyl (C=O) groups is 1. The first-order valence-corrected chi connectivity index (χ1v) is 13.6. The Morgan fingerprint density at radius 3 is 2.61 bits per heavy atom. The number of nitrogens with one attached hydrogen (secondary N) is 2. The molecule has 0 atom stereocenters. The van der Waals surface area contributed by atoms with Gasteiger partial charge in [-0.15, -0.1) is 0 Å². The molecule has 2 N–H and O–H groups in total. The highest BCUT2D eigenvalue weighted by molar-refractivity contribution is 7.89. The molecule has 3 aromatic rings. The van der Waals surface area contributed by atoms with Gasteiger partial charge >= 0.3 is 0 Å². The normalized spacial score (nSPS) is 17.2. The molecule has 2 heterocycles. The van der Waals surface area contributed by atoms with Gasteiger partial charge in [-0.2, -0.15) is 0 Å². The van der Waals surface area contributed by atoms with Crippen LogP contribution in [0.5, 0.6) is 0 Å². The Balaban J connectivity index is 1.40. The Kier molecular flexibility index (Phi) is 5.86. The molecular weight excluding hydrogens is 436 g/mol. The van der Waals surface area contributed by atoms with Gasteiger partial charge in [0.2, 0.25) is 10.0 Å². The number of pyridine rings is 1. The molecule has 33 heavy (non-hydrogen) atoms. The molecule has 2 aromatic heterocycles. The van der Waals surface area contributed by atoms with E-state index in [0.717, 1.165) is 48.2 Å². The van der Waals surface area contributed by atoms with Crippen molar-refractivity contribution in [3.8, 4) is 0 Å². The van der Waals surface area contributed by atoms with Crippen LogP contribution in [0.1, 0.15) is 66.8 Å². The summed E-state index contributed by atoms with van der Waals surface area (Å²) in [6.07, 6.45) is 13.7. The van der Waals surface area contributed by atoms with E-state index in [-0.39, 0.29) is 5.56 Å². The van der Waals surface area contributed by atoms with Gasteiger partial charge in [0.05, 0.1) is 11.8 Å². The standard InChI is InChI=1S/C25H30N4O3S/c1-33(31,32)28-25(30)22-14-20(18-7-8-18)15-26-24(22)27-21-9-10-23-19(13-21)11-12-29(23)16-17-5-3-2-4-6-17/h9-15,17-18H,2-8,16H2,1H3,(H,26,27)(H,28,30). The van der Waals surface area contributed by atoms with Crippen LogP contribution in [-0.2, 0) is 16.6 Å². The first-order chi connectivity index (χ1) is 15.9. The first-order valence-electron chi connectivity index (χ1n) is 11.7. The molecule has 2 saturated carbocycles. The number of hydrogen-bond acceptors (Lipinski definition) is 5. The lowest BCUT2D eigenvalue weighted by Crippen LogP contribution is -2.30. The molecule has 1 amide bonds. The predicted molar refractivity (Wildman–Crippen MR) is 130 cm³/mol. The Bertz CT molecular complexity index is 1290. The summed E-state index contributed by atoms with van der Waals surface area (Å²) >= 11 is 0. The highest BCUT2D eigenvalue weighted by Crippen LogP contribution is 2.40. The summed E-state index contributed by atoms with van der Waals surface area (Å²) in [6, 6.07) is 9.99. The molecule has 7 nitrogen and oxygen atoms in total. The summed E-state index contributed by atoms with van der Waals surface area (Å²) in [7, 11) is -3.67. The average Bonchev–Trinajstić information content (AvgIpc) is 3.56. The van der Waals surface area contributed by atoms with Crippen molar-refractivity contribution < 1.29 is 13.2 Å². The van der Waals surface area contributed by atoms with E-state index in [1.165, 1.54) is 37.6 Å². The van der Waals surface area contributed by atoms with Crippen LogP contribution in [0.3, 0.4) is 0 Å². The quantitative estimate of drug-likeness (QED) is 0.515. The van der Waals surface area contributed by atoms with E-state index in [9.17, 15) is 13.2 Å². The first kappa shape index (κ1) is 21.9. The number of rotatable bonds is 7. The fourth-order valence-electron chi connectivity index (χ4n) is 4.84. The lowest BCUT2D eigenvalue weighted by molar-refractivity contribution is 0.0982. The van der Waals surface area contributed by atoms with Crippen LogP contribution in [0.2, 0.25) is 0 Å². The second-order valence-electron chi connectivity index (χ2n) is 9.51. The van der Waals surface area contributed by atoms with Crippen LogP contribution >= 0.6 is 0 Å². The van der Waals surface area contributed by atoms with Crippen molar-refractivity contribution in [3.05, 3.63) is 53.9 Å². The van der Waals surface area contributed by atoms with Crippen molar-refractivity contribution in [2.24, 2.45) is 5.92 Å². The van der Waals surface area contributed by atoms with E-state index in [1.54, 1.807) is 12.3 Å². The molecule has 2 aliphatic rings. The molecule has 0 bridgehead atoms. The van der Waals surface area contributed by atoms with Crippen molar-refractivity contribution >= 4 is 38.3 Å². The van der Waals surface area contributed by atoms with Gasteiger partial charge in [-0.1, -0.05) is 19.3 Å². The summed E-state index contributed by atoms with van der Waals surface area (Å²) in [4.78, 5) is 17.2. The number of benzene rings is 1. The molecule has 0 unspecified atom stereocenters. The van der Waals surface area contributed by atoms with Gasteiger partial charge in [-0.05, 0) is 73.4 Å². The van der Waals surface area contributed by atoms with Crippen LogP contribution in [0.15, 0.2) is 42.7 Å². The second kappa shape index (κ2) is 8.82. The van der Waals surface area contributed by atoms with E-state index >= 15 is 0 Å². The monoisotopic (exact) mass is 466 g/mol. The van der Waals surface area contributed by atoms with Gasteiger partial charge < -0.3 is 9.88 Å². The van der Waals surface area contributed by atoms with Crippen LogP contribution < -0.4 is 10.0 Å². The predicted octanol–water partition coefficient (Wildman–Crippen LogP) is 4.93. The Labute approximate surface area is 194 Å². The number of fused-ring (bicyclic) bond motifs is 1.